The minimum atomic E-state index is -0.610. The number of nitrogens with one attached hydrogen (secondary N) is 1. The third kappa shape index (κ3) is 3.35. The van der Waals surface area contributed by atoms with Crippen molar-refractivity contribution < 1.29 is 14.0 Å². The van der Waals surface area contributed by atoms with Gasteiger partial charge in [-0.25, -0.2) is 4.39 Å². The molecule has 1 heterocycles. The first kappa shape index (κ1) is 14.5. The highest BCUT2D eigenvalue weighted by Crippen LogP contribution is 2.14. The zero-order valence-corrected chi connectivity index (χ0v) is 11.5. The van der Waals surface area contributed by atoms with Crippen molar-refractivity contribution in [3.05, 3.63) is 35.9 Å². The minimum Gasteiger partial charge on any atom is -0.344 e. The lowest BCUT2D eigenvalue weighted by Gasteiger charge is -2.27. The SMILES string of the molecule is CC1CC(=O)NC(Cc2ccccc2)C(=O)N1CCF. The fourth-order valence-electron chi connectivity index (χ4n) is 2.52. The van der Waals surface area contributed by atoms with Crippen molar-refractivity contribution in [2.24, 2.45) is 0 Å². The lowest BCUT2D eigenvalue weighted by Crippen LogP contribution is -2.48. The molecule has 1 aromatic rings. The first-order valence-corrected chi connectivity index (χ1v) is 6.81. The number of halogens is 1. The molecule has 5 heteroatoms. The second-order valence-corrected chi connectivity index (χ2v) is 5.08. The Morgan fingerprint density at radius 1 is 1.30 bits per heavy atom. The molecule has 0 bridgehead atoms. The van der Waals surface area contributed by atoms with Gasteiger partial charge in [0, 0.05) is 25.4 Å². The van der Waals surface area contributed by atoms with Crippen LogP contribution in [-0.2, 0) is 16.0 Å². The Morgan fingerprint density at radius 3 is 2.65 bits per heavy atom. The van der Waals surface area contributed by atoms with Gasteiger partial charge in [0.1, 0.15) is 12.7 Å². The number of benzene rings is 1. The monoisotopic (exact) mass is 278 g/mol. The van der Waals surface area contributed by atoms with E-state index in [1.54, 1.807) is 6.92 Å². The Bertz CT molecular complexity index is 478. The summed E-state index contributed by atoms with van der Waals surface area (Å²) in [4.78, 5) is 25.7. The highest BCUT2D eigenvalue weighted by Gasteiger charge is 2.33. The van der Waals surface area contributed by atoms with E-state index in [-0.39, 0.29) is 30.8 Å². The molecule has 1 aliphatic rings. The van der Waals surface area contributed by atoms with E-state index >= 15 is 0 Å². The molecule has 1 N–H and O–H groups in total. The van der Waals surface area contributed by atoms with E-state index in [1.165, 1.54) is 4.90 Å². The molecule has 1 aromatic carbocycles. The zero-order valence-electron chi connectivity index (χ0n) is 11.5. The maximum absolute atomic E-state index is 12.6. The van der Waals surface area contributed by atoms with Crippen molar-refractivity contribution in [2.45, 2.75) is 31.8 Å². The first-order chi connectivity index (χ1) is 9.61. The van der Waals surface area contributed by atoms with Crippen molar-refractivity contribution in [3.63, 3.8) is 0 Å². The van der Waals surface area contributed by atoms with Crippen LogP contribution in [0.4, 0.5) is 4.39 Å². The molecule has 0 saturated carbocycles. The largest absolute Gasteiger partial charge is 0.344 e. The Labute approximate surface area is 118 Å². The predicted octanol–water partition coefficient (Wildman–Crippen LogP) is 1.30. The van der Waals surface area contributed by atoms with Crippen LogP contribution in [-0.4, -0.2) is 42.0 Å². The van der Waals surface area contributed by atoms with Crippen LogP contribution in [0.2, 0.25) is 0 Å². The molecule has 2 unspecified atom stereocenters. The number of amides is 2. The van der Waals surface area contributed by atoms with Crippen LogP contribution in [0.1, 0.15) is 18.9 Å². The van der Waals surface area contributed by atoms with E-state index < -0.39 is 12.7 Å². The lowest BCUT2D eigenvalue weighted by molar-refractivity contribution is -0.135. The van der Waals surface area contributed by atoms with E-state index in [2.05, 4.69) is 5.32 Å². The van der Waals surface area contributed by atoms with Crippen molar-refractivity contribution >= 4 is 11.8 Å². The van der Waals surface area contributed by atoms with Gasteiger partial charge in [-0.1, -0.05) is 30.3 Å². The molecular formula is C15H19FN2O2. The standard InChI is InChI=1S/C15H19FN2O2/c1-11-9-14(19)17-13(15(20)18(11)8-7-16)10-12-5-3-2-4-6-12/h2-6,11,13H,7-10H2,1H3,(H,17,19). The Kier molecular flexibility index (Phi) is 4.71. The van der Waals surface area contributed by atoms with E-state index in [1.807, 2.05) is 30.3 Å². The summed E-state index contributed by atoms with van der Waals surface area (Å²) in [6, 6.07) is 8.62. The van der Waals surface area contributed by atoms with Gasteiger partial charge in [-0.2, -0.15) is 0 Å². The van der Waals surface area contributed by atoms with Crippen molar-refractivity contribution in [1.29, 1.82) is 0 Å². The quantitative estimate of drug-likeness (QED) is 0.902. The number of carbonyl (C=O) groups excluding carboxylic acids is 2. The molecule has 108 valence electrons. The number of hydrogen-bond acceptors (Lipinski definition) is 2. The van der Waals surface area contributed by atoms with Gasteiger partial charge >= 0.3 is 0 Å². The van der Waals surface area contributed by atoms with Crippen LogP contribution in [0, 0.1) is 0 Å². The third-order valence-electron chi connectivity index (χ3n) is 3.54. The second kappa shape index (κ2) is 6.50. The third-order valence-corrected chi connectivity index (χ3v) is 3.54. The molecule has 1 aliphatic heterocycles. The van der Waals surface area contributed by atoms with E-state index in [0.29, 0.717) is 6.42 Å². The molecule has 0 radical (unpaired) electrons. The predicted molar refractivity (Wildman–Crippen MR) is 73.8 cm³/mol. The summed E-state index contributed by atoms with van der Waals surface area (Å²) in [6.07, 6.45) is 0.651. The Morgan fingerprint density at radius 2 is 2.00 bits per heavy atom. The first-order valence-electron chi connectivity index (χ1n) is 6.81. The van der Waals surface area contributed by atoms with E-state index in [0.717, 1.165) is 5.56 Å². The van der Waals surface area contributed by atoms with Gasteiger partial charge in [0.05, 0.1) is 0 Å². The molecular weight excluding hydrogens is 259 g/mol. The smallest absolute Gasteiger partial charge is 0.245 e. The van der Waals surface area contributed by atoms with Crippen molar-refractivity contribution in [1.82, 2.24) is 10.2 Å². The average Bonchev–Trinajstić information content (AvgIpc) is 2.52. The normalized spacial score (nSPS) is 23.4. The van der Waals surface area contributed by atoms with Crippen molar-refractivity contribution in [3.8, 4) is 0 Å². The summed E-state index contributed by atoms with van der Waals surface area (Å²) in [5, 5.41) is 2.74. The Hall–Kier alpha value is -1.91. The van der Waals surface area contributed by atoms with Gasteiger partial charge < -0.3 is 10.2 Å². The lowest BCUT2D eigenvalue weighted by atomic mass is 10.0. The molecule has 1 fully saturated rings. The van der Waals surface area contributed by atoms with E-state index in [9.17, 15) is 14.0 Å². The van der Waals surface area contributed by atoms with Gasteiger partial charge in [-0.05, 0) is 12.5 Å². The van der Waals surface area contributed by atoms with Gasteiger partial charge in [0.2, 0.25) is 11.8 Å². The van der Waals surface area contributed by atoms with Crippen LogP contribution >= 0.6 is 0 Å². The Balaban J connectivity index is 2.17. The average molecular weight is 278 g/mol. The highest BCUT2D eigenvalue weighted by molar-refractivity contribution is 5.90. The number of rotatable bonds is 4. The molecule has 0 spiro atoms. The number of carbonyl (C=O) groups is 2. The molecule has 1 saturated heterocycles. The van der Waals surface area contributed by atoms with Crippen LogP contribution in [0.5, 0.6) is 0 Å². The maximum atomic E-state index is 12.6. The van der Waals surface area contributed by atoms with Crippen LogP contribution in [0.15, 0.2) is 30.3 Å². The minimum absolute atomic E-state index is 0.0419. The molecule has 2 atom stereocenters. The van der Waals surface area contributed by atoms with Crippen molar-refractivity contribution in [2.75, 3.05) is 13.2 Å². The highest BCUT2D eigenvalue weighted by atomic mass is 19.1. The fraction of sp³-hybridized carbons (Fsp3) is 0.467. The molecule has 2 amide bonds. The number of alkyl halides is 1. The summed E-state index contributed by atoms with van der Waals surface area (Å²) in [6.45, 7) is 1.22. The number of nitrogens with zero attached hydrogens (tertiary/aromatic N) is 1. The zero-order chi connectivity index (χ0) is 14.5. The molecule has 20 heavy (non-hydrogen) atoms. The van der Waals surface area contributed by atoms with Gasteiger partial charge in [0.15, 0.2) is 0 Å². The molecule has 0 aliphatic carbocycles. The second-order valence-electron chi connectivity index (χ2n) is 5.08. The van der Waals surface area contributed by atoms with Gasteiger partial charge in [0.25, 0.3) is 0 Å². The summed E-state index contributed by atoms with van der Waals surface area (Å²) < 4.78 is 12.6. The summed E-state index contributed by atoms with van der Waals surface area (Å²) in [5.74, 6) is -0.363. The number of hydrogen-bond donors (Lipinski definition) is 1. The van der Waals surface area contributed by atoms with Gasteiger partial charge in [-0.15, -0.1) is 0 Å². The molecule has 4 nitrogen and oxygen atoms in total. The van der Waals surface area contributed by atoms with Crippen LogP contribution in [0.25, 0.3) is 0 Å². The topological polar surface area (TPSA) is 49.4 Å². The fourth-order valence-corrected chi connectivity index (χ4v) is 2.52. The van der Waals surface area contributed by atoms with E-state index in [4.69, 9.17) is 0 Å². The van der Waals surface area contributed by atoms with Crippen LogP contribution < -0.4 is 5.32 Å². The maximum Gasteiger partial charge on any atom is 0.245 e. The molecule has 0 aromatic heterocycles. The molecule has 2 rings (SSSR count). The van der Waals surface area contributed by atoms with Crippen LogP contribution in [0.3, 0.4) is 0 Å². The van der Waals surface area contributed by atoms with Gasteiger partial charge in [-0.3, -0.25) is 9.59 Å². The summed E-state index contributed by atoms with van der Waals surface area (Å²) in [5.41, 5.74) is 0.973. The summed E-state index contributed by atoms with van der Waals surface area (Å²) >= 11 is 0. The summed E-state index contributed by atoms with van der Waals surface area (Å²) in [7, 11) is 0.